The fraction of sp³-hybridized carbons (Fsp3) is 0.286. The van der Waals surface area contributed by atoms with E-state index < -0.39 is 0 Å². The van der Waals surface area contributed by atoms with Crippen molar-refractivity contribution in [3.8, 4) is 22.9 Å². The number of nitrogens with zero attached hydrogens (tertiary/aromatic N) is 2. The van der Waals surface area contributed by atoms with Crippen molar-refractivity contribution in [1.29, 1.82) is 0 Å². The third-order valence-electron chi connectivity index (χ3n) is 3.14. The second-order valence-corrected chi connectivity index (χ2v) is 5.18. The van der Waals surface area contributed by atoms with Crippen molar-refractivity contribution in [3.63, 3.8) is 0 Å². The van der Waals surface area contributed by atoms with Gasteiger partial charge in [-0.3, -0.25) is 0 Å². The molecule has 0 spiro atoms. The Morgan fingerprint density at radius 2 is 1.65 bits per heavy atom. The summed E-state index contributed by atoms with van der Waals surface area (Å²) in [6, 6.07) is 3.65. The third-order valence-corrected chi connectivity index (χ3v) is 3.80. The summed E-state index contributed by atoms with van der Waals surface area (Å²) in [6.07, 6.45) is 0. The number of benzene rings is 1. The minimum atomic E-state index is 0.481. The highest BCUT2D eigenvalue weighted by molar-refractivity contribution is 9.10. The second-order valence-electron chi connectivity index (χ2n) is 4.33. The highest BCUT2D eigenvalue weighted by Gasteiger charge is 2.15. The molecule has 0 aliphatic carbocycles. The van der Waals surface area contributed by atoms with Crippen molar-refractivity contribution >= 4 is 21.7 Å². The number of hydrogen-bond acceptors (Lipinski definition) is 5. The minimum absolute atomic E-state index is 0.481. The van der Waals surface area contributed by atoms with Gasteiger partial charge in [0.25, 0.3) is 0 Å². The van der Waals surface area contributed by atoms with Crippen LogP contribution in [0, 0.1) is 13.8 Å². The number of rotatable bonds is 3. The Morgan fingerprint density at radius 1 is 1.05 bits per heavy atom. The van der Waals surface area contributed by atoms with Crippen molar-refractivity contribution in [3.05, 3.63) is 27.9 Å². The van der Waals surface area contributed by atoms with E-state index in [-0.39, 0.29) is 0 Å². The molecule has 1 aromatic carbocycles. The van der Waals surface area contributed by atoms with Crippen LogP contribution < -0.4 is 15.2 Å². The summed E-state index contributed by atoms with van der Waals surface area (Å²) in [7, 11) is 3.18. The lowest BCUT2D eigenvalue weighted by atomic mass is 10.1. The highest BCUT2D eigenvalue weighted by Crippen LogP contribution is 2.37. The molecular weight excluding hydrogens is 322 g/mol. The molecule has 0 aliphatic heterocycles. The summed E-state index contributed by atoms with van der Waals surface area (Å²) in [5, 5.41) is 0. The van der Waals surface area contributed by atoms with E-state index >= 15 is 0 Å². The highest BCUT2D eigenvalue weighted by atomic mass is 79.9. The van der Waals surface area contributed by atoms with Gasteiger partial charge in [-0.15, -0.1) is 0 Å². The Morgan fingerprint density at radius 3 is 2.20 bits per heavy atom. The first kappa shape index (κ1) is 14.6. The van der Waals surface area contributed by atoms with Crippen LogP contribution in [0.3, 0.4) is 0 Å². The number of nitrogens with two attached hydrogens (primary N) is 1. The largest absolute Gasteiger partial charge is 0.493 e. The Labute approximate surface area is 126 Å². The van der Waals surface area contributed by atoms with Crippen LogP contribution in [-0.2, 0) is 0 Å². The van der Waals surface area contributed by atoms with E-state index in [9.17, 15) is 0 Å². The molecule has 0 saturated carbocycles. The van der Waals surface area contributed by atoms with Gasteiger partial charge < -0.3 is 15.2 Å². The predicted molar refractivity (Wildman–Crippen MR) is 82.2 cm³/mol. The van der Waals surface area contributed by atoms with Gasteiger partial charge in [-0.25, -0.2) is 9.97 Å². The van der Waals surface area contributed by atoms with Crippen molar-refractivity contribution < 1.29 is 9.47 Å². The van der Waals surface area contributed by atoms with E-state index in [2.05, 4.69) is 25.9 Å². The Bertz CT molecular complexity index is 636. The molecule has 0 amide bonds. The number of nitrogen functional groups attached to an aromatic ring is 1. The van der Waals surface area contributed by atoms with E-state index in [0.717, 1.165) is 21.3 Å². The van der Waals surface area contributed by atoms with Crippen molar-refractivity contribution in [2.75, 3.05) is 20.0 Å². The lowest BCUT2D eigenvalue weighted by molar-refractivity contribution is 0.355. The van der Waals surface area contributed by atoms with E-state index in [1.165, 1.54) is 0 Å². The van der Waals surface area contributed by atoms with E-state index in [4.69, 9.17) is 15.2 Å². The summed E-state index contributed by atoms with van der Waals surface area (Å²) >= 11 is 3.50. The number of halogens is 1. The summed E-state index contributed by atoms with van der Waals surface area (Å²) < 4.78 is 11.4. The molecule has 2 N–H and O–H groups in total. The first-order valence-electron chi connectivity index (χ1n) is 6.00. The van der Waals surface area contributed by atoms with Gasteiger partial charge in [-0.1, -0.05) is 0 Å². The van der Waals surface area contributed by atoms with Crippen LogP contribution in [0.5, 0.6) is 11.5 Å². The second kappa shape index (κ2) is 5.66. The van der Waals surface area contributed by atoms with E-state index in [1.807, 2.05) is 26.0 Å². The average Bonchev–Trinajstić information content (AvgIpc) is 2.43. The maximum Gasteiger partial charge on any atom is 0.163 e. The molecule has 0 fully saturated rings. The number of ether oxygens (including phenoxy) is 2. The molecule has 0 unspecified atom stereocenters. The fourth-order valence-electron chi connectivity index (χ4n) is 1.80. The predicted octanol–water partition coefficient (Wildman–Crippen LogP) is 3.12. The van der Waals surface area contributed by atoms with Crippen molar-refractivity contribution in [1.82, 2.24) is 9.97 Å². The van der Waals surface area contributed by atoms with Gasteiger partial charge in [-0.2, -0.15) is 0 Å². The van der Waals surface area contributed by atoms with Gasteiger partial charge in [0.2, 0.25) is 0 Å². The van der Waals surface area contributed by atoms with Crippen LogP contribution in [0.2, 0.25) is 0 Å². The molecule has 1 aromatic heterocycles. The smallest absolute Gasteiger partial charge is 0.163 e. The van der Waals surface area contributed by atoms with Gasteiger partial charge in [0.05, 0.1) is 14.2 Å². The number of aryl methyl sites for hydroxylation is 1. The van der Waals surface area contributed by atoms with Gasteiger partial charge >= 0.3 is 0 Å². The molecule has 0 aliphatic rings. The molecule has 2 aromatic rings. The lowest BCUT2D eigenvalue weighted by Gasteiger charge is -2.12. The van der Waals surface area contributed by atoms with Crippen LogP contribution in [-0.4, -0.2) is 24.2 Å². The van der Waals surface area contributed by atoms with Gasteiger partial charge in [0, 0.05) is 21.3 Å². The van der Waals surface area contributed by atoms with Crippen LogP contribution in [0.25, 0.3) is 11.4 Å². The summed E-state index contributed by atoms with van der Waals surface area (Å²) in [5.74, 6) is 2.29. The average molecular weight is 338 g/mol. The Balaban J connectivity index is 2.63. The monoisotopic (exact) mass is 337 g/mol. The summed E-state index contributed by atoms with van der Waals surface area (Å²) in [6.45, 7) is 3.81. The van der Waals surface area contributed by atoms with Crippen molar-refractivity contribution in [2.45, 2.75) is 13.8 Å². The summed E-state index contributed by atoms with van der Waals surface area (Å²) in [5.41, 5.74) is 8.47. The molecule has 6 heteroatoms. The molecule has 1 heterocycles. The topological polar surface area (TPSA) is 70.3 Å². The first-order valence-corrected chi connectivity index (χ1v) is 6.79. The molecule has 0 bridgehead atoms. The van der Waals surface area contributed by atoms with E-state index in [1.54, 1.807) is 14.2 Å². The Kier molecular flexibility index (Phi) is 4.13. The zero-order valence-electron chi connectivity index (χ0n) is 11.8. The molecule has 106 valence electrons. The molecule has 5 nitrogen and oxygen atoms in total. The normalized spacial score (nSPS) is 10.4. The fourth-order valence-corrected chi connectivity index (χ4v) is 2.30. The zero-order chi connectivity index (χ0) is 14.9. The Hall–Kier alpha value is -1.82. The maximum atomic E-state index is 5.91. The van der Waals surface area contributed by atoms with Crippen LogP contribution >= 0.6 is 15.9 Å². The van der Waals surface area contributed by atoms with Gasteiger partial charge in [0.15, 0.2) is 17.3 Å². The van der Waals surface area contributed by atoms with Gasteiger partial charge in [0.1, 0.15) is 5.82 Å². The van der Waals surface area contributed by atoms with E-state index in [0.29, 0.717) is 23.1 Å². The zero-order valence-corrected chi connectivity index (χ0v) is 13.4. The molecule has 0 atom stereocenters. The first-order chi connectivity index (χ1) is 9.47. The number of hydrogen-bond donors (Lipinski definition) is 1. The summed E-state index contributed by atoms with van der Waals surface area (Å²) in [4.78, 5) is 8.81. The van der Waals surface area contributed by atoms with Crippen molar-refractivity contribution in [2.24, 2.45) is 0 Å². The molecular formula is C14H16BrN3O2. The third kappa shape index (κ3) is 2.56. The van der Waals surface area contributed by atoms with Crippen LogP contribution in [0.15, 0.2) is 16.6 Å². The van der Waals surface area contributed by atoms with Crippen LogP contribution in [0.1, 0.15) is 11.3 Å². The quantitative estimate of drug-likeness (QED) is 0.931. The molecule has 0 radical (unpaired) electrons. The SMILES string of the molecule is COc1cc(Br)c(-c2nc(C)c(C)c(N)n2)cc1OC. The molecule has 0 saturated heterocycles. The molecule has 2 rings (SSSR count). The lowest BCUT2D eigenvalue weighted by Crippen LogP contribution is -2.03. The number of methoxy groups -OCH3 is 2. The number of anilines is 1. The van der Waals surface area contributed by atoms with Gasteiger partial charge in [-0.05, 0) is 41.9 Å². The maximum absolute atomic E-state index is 5.91. The van der Waals surface area contributed by atoms with Crippen LogP contribution in [0.4, 0.5) is 5.82 Å². The minimum Gasteiger partial charge on any atom is -0.493 e. The standard InChI is InChI=1S/C14H16BrN3O2/c1-7-8(2)17-14(18-13(7)16)9-5-11(19-3)12(20-4)6-10(9)15/h5-6H,1-4H3,(H2,16,17,18). The molecule has 20 heavy (non-hydrogen) atoms. The number of aromatic nitrogens is 2.